The maximum atomic E-state index is 13.5. The van der Waals surface area contributed by atoms with Crippen LogP contribution < -0.4 is 4.57 Å². The van der Waals surface area contributed by atoms with E-state index in [9.17, 15) is 22.4 Å². The number of carbonyl (C=O) groups excluding carboxylic acids is 1. The Morgan fingerprint density at radius 2 is 0.750 bits per heavy atom. The third-order valence-electron chi connectivity index (χ3n) is 16.7. The summed E-state index contributed by atoms with van der Waals surface area (Å²) in [5.41, 5.74) is 18.8. The number of hydrogen-bond donors (Lipinski definition) is 0. The molecule has 5 aromatic heterocycles. The number of aromatic nitrogens is 5. The number of nitrogens with zero attached hydrogens (tertiary/aromatic N) is 5. The van der Waals surface area contributed by atoms with E-state index in [2.05, 4.69) is 256 Å². The number of ether oxygens (including phenoxy) is 1. The van der Waals surface area contributed by atoms with Gasteiger partial charge in [0.15, 0.2) is 5.69 Å². The number of halogens is 4. The Balaban J connectivity index is 0.000000221. The van der Waals surface area contributed by atoms with Crippen molar-refractivity contribution in [3.05, 3.63) is 309 Å². The first kappa shape index (κ1) is 74.5. The van der Waals surface area contributed by atoms with E-state index in [1.54, 1.807) is 73.2 Å². The van der Waals surface area contributed by atoms with E-state index in [-0.39, 0.29) is 52.9 Å². The number of carbonyl (C=O) groups is 1. The predicted octanol–water partition coefficient (Wildman–Crippen LogP) is 22.9. The number of fused-ring (bicyclic) bond motifs is 6. The number of hydrogen-bond acceptors (Lipinski definition) is 4. The van der Waals surface area contributed by atoms with Gasteiger partial charge in [0.25, 0.3) is 0 Å². The standard InChI is InChI=1S/C56H64N2.2C12H8F2N.C8H8NO2.Ir/c1-53(2,3)33-37-13-25-49-45(29-37)46-30-38(34-54(4,5)6)14-26-50(46)57(49)43-21-17-41(18-22-43)42-19-23-44(24-20-42)58-51-27-15-39(35-55(7,8)9)31-47(51)48-32-40(16-28-52(48)58)36-56(10,11)12;2*1-8-6-9(13)7-10(14)12(8)11-4-2-3-5-15-11;1-9-6-4-3-5-7(9)8(10)11-2;/h13-32H,33-36H2,1-12H3;2*2-7H,1H2;3-6H,1-2H2;/q;3*-1;. The summed E-state index contributed by atoms with van der Waals surface area (Å²) in [4.78, 5) is 18.9. The van der Waals surface area contributed by atoms with Crippen molar-refractivity contribution in [2.45, 2.75) is 109 Å². The van der Waals surface area contributed by atoms with Crippen molar-refractivity contribution in [2.24, 2.45) is 21.7 Å². The Morgan fingerprint density at radius 3 is 1.02 bits per heavy atom. The minimum atomic E-state index is -0.640. The van der Waals surface area contributed by atoms with Gasteiger partial charge >= 0.3 is 5.97 Å². The van der Waals surface area contributed by atoms with Crippen molar-refractivity contribution >= 4 is 49.6 Å². The summed E-state index contributed by atoms with van der Waals surface area (Å²) in [6.45, 7) is 35.1. The molecular weight excluding hydrogens is 1430 g/mol. The van der Waals surface area contributed by atoms with Crippen LogP contribution in [0.3, 0.4) is 0 Å². The van der Waals surface area contributed by atoms with Crippen molar-refractivity contribution in [1.82, 2.24) is 19.1 Å². The van der Waals surface area contributed by atoms with Gasteiger partial charge in [0.05, 0.1) is 51.5 Å². The predicted molar refractivity (Wildman–Crippen MR) is 399 cm³/mol. The molecule has 517 valence electrons. The quantitative estimate of drug-likeness (QED) is 0.0592. The Hall–Kier alpha value is -9.74. The fourth-order valence-electron chi connectivity index (χ4n) is 12.9. The summed E-state index contributed by atoms with van der Waals surface area (Å²) < 4.78 is 63.2. The van der Waals surface area contributed by atoms with Crippen LogP contribution in [0.4, 0.5) is 17.6 Å². The molecule has 13 rings (SSSR count). The Morgan fingerprint density at radius 1 is 0.430 bits per heavy atom. The van der Waals surface area contributed by atoms with E-state index in [4.69, 9.17) is 0 Å². The topological polar surface area (TPSA) is 65.8 Å². The van der Waals surface area contributed by atoms with E-state index in [1.807, 2.05) is 0 Å². The van der Waals surface area contributed by atoms with Gasteiger partial charge in [-0.3, -0.25) is 14.8 Å². The molecule has 100 heavy (non-hydrogen) atoms. The second-order valence-corrected chi connectivity index (χ2v) is 30.4. The van der Waals surface area contributed by atoms with Crippen molar-refractivity contribution in [1.29, 1.82) is 0 Å². The Bertz CT molecular complexity index is 4530. The molecule has 5 heterocycles. The third-order valence-corrected chi connectivity index (χ3v) is 16.7. The molecule has 0 amide bonds. The summed E-state index contributed by atoms with van der Waals surface area (Å²) >= 11 is 0. The van der Waals surface area contributed by atoms with E-state index < -0.39 is 29.2 Å². The maximum Gasteiger partial charge on any atom is 0.313 e. The van der Waals surface area contributed by atoms with Crippen LogP contribution >= 0.6 is 0 Å². The van der Waals surface area contributed by atoms with Crippen LogP contribution in [-0.2, 0) is 50.5 Å². The number of esters is 1. The first-order valence-electron chi connectivity index (χ1n) is 33.4. The molecule has 0 spiro atoms. The zero-order valence-electron chi connectivity index (χ0n) is 59.3. The Kier molecular flexibility index (Phi) is 22.9. The van der Waals surface area contributed by atoms with Crippen LogP contribution in [-0.4, -0.2) is 25.1 Å². The normalized spacial score (nSPS) is 11.7. The van der Waals surface area contributed by atoms with E-state index in [0.29, 0.717) is 28.2 Å². The molecule has 8 aromatic carbocycles. The molecular formula is C88H88F4IrN5O2-3. The van der Waals surface area contributed by atoms with Crippen LogP contribution in [0, 0.1) is 72.9 Å². The van der Waals surface area contributed by atoms with Gasteiger partial charge in [-0.05, 0) is 196 Å². The van der Waals surface area contributed by atoms with Gasteiger partial charge < -0.3 is 18.4 Å². The molecule has 0 saturated carbocycles. The van der Waals surface area contributed by atoms with Gasteiger partial charge in [-0.2, -0.15) is 32.1 Å². The third kappa shape index (κ3) is 18.4. The Labute approximate surface area is 601 Å². The smallest absolute Gasteiger partial charge is 0.313 e. The SMILES string of the molecule is CC(C)(C)Cc1ccc2c(c1)c1cc(CC(C)(C)C)ccc1n2-c1ccc(-c2ccc(-n3c4ccc(CC(C)(C)C)cc4c4cc(CC(C)(C)C)ccc43)cc2)cc1.[CH2-]OC(=O)c1cccc[n+]1[CH2-].[CH2-]c1cc(F)cc(F)c1-c1ccccn1.[CH2-]c1cc(F)cc(F)c1-c1ccccn1.[Ir]. The van der Waals surface area contributed by atoms with E-state index >= 15 is 0 Å². The van der Waals surface area contributed by atoms with Crippen molar-refractivity contribution < 1.29 is 51.8 Å². The van der Waals surface area contributed by atoms with Crippen LogP contribution in [0.1, 0.15) is 127 Å². The molecule has 12 heteroatoms. The molecule has 0 unspecified atom stereocenters. The molecule has 1 radical (unpaired) electrons. The molecule has 7 nitrogen and oxygen atoms in total. The molecule has 0 atom stereocenters. The van der Waals surface area contributed by atoms with Crippen LogP contribution in [0.25, 0.3) is 88.6 Å². The van der Waals surface area contributed by atoms with Crippen molar-refractivity contribution in [3.63, 3.8) is 0 Å². The van der Waals surface area contributed by atoms with E-state index in [0.717, 1.165) is 37.8 Å². The monoisotopic (exact) mass is 1520 g/mol. The van der Waals surface area contributed by atoms with Crippen LogP contribution in [0.15, 0.2) is 219 Å². The molecule has 0 saturated heterocycles. The summed E-state index contributed by atoms with van der Waals surface area (Å²) in [5, 5.41) is 5.36. The van der Waals surface area contributed by atoms with E-state index in [1.165, 1.54) is 105 Å². The minimum absolute atomic E-state index is 0. The van der Waals surface area contributed by atoms with Crippen LogP contribution in [0.2, 0.25) is 0 Å². The average molecular weight is 1520 g/mol. The van der Waals surface area contributed by atoms with Gasteiger partial charge in [-0.1, -0.05) is 167 Å². The van der Waals surface area contributed by atoms with Crippen molar-refractivity contribution in [3.8, 4) is 45.0 Å². The maximum absolute atomic E-state index is 13.5. The molecule has 0 bridgehead atoms. The van der Waals surface area contributed by atoms with Gasteiger partial charge in [0.1, 0.15) is 0 Å². The van der Waals surface area contributed by atoms with Gasteiger partial charge in [0, 0.05) is 83.9 Å². The first-order chi connectivity index (χ1) is 46.8. The summed E-state index contributed by atoms with van der Waals surface area (Å²) in [6.07, 6.45) is 8.98. The number of rotatable bonds is 10. The number of benzene rings is 8. The second kappa shape index (κ2) is 30.8. The average Bonchev–Trinajstić information content (AvgIpc) is 1.59. The zero-order chi connectivity index (χ0) is 71.3. The summed E-state index contributed by atoms with van der Waals surface area (Å²) in [7, 11) is 6.59. The van der Waals surface area contributed by atoms with Crippen molar-refractivity contribution in [2.75, 3.05) is 0 Å². The van der Waals surface area contributed by atoms with Gasteiger partial charge in [0.2, 0.25) is 0 Å². The fraction of sp³-hybridized carbons (Fsp3) is 0.227. The molecule has 0 aliphatic heterocycles. The molecule has 0 aliphatic rings. The molecule has 13 aromatic rings. The van der Waals surface area contributed by atoms with Crippen LogP contribution in [0.5, 0.6) is 0 Å². The van der Waals surface area contributed by atoms with Gasteiger partial charge in [-0.25, -0.2) is 17.6 Å². The minimum Gasteiger partial charge on any atom is -0.642 e. The molecule has 0 N–H and O–H groups in total. The number of pyridine rings is 3. The summed E-state index contributed by atoms with van der Waals surface area (Å²) in [5.74, 6) is -3.02. The molecule has 0 fully saturated rings. The fourth-order valence-corrected chi connectivity index (χ4v) is 12.9. The largest absolute Gasteiger partial charge is 0.642 e. The summed E-state index contributed by atoms with van der Waals surface area (Å²) in [6, 6.07) is 66.3. The zero-order valence-corrected chi connectivity index (χ0v) is 61.7. The first-order valence-corrected chi connectivity index (χ1v) is 33.4. The van der Waals surface area contributed by atoms with Gasteiger partial charge in [-0.15, -0.1) is 12.1 Å². The molecule has 0 aliphatic carbocycles. The second-order valence-electron chi connectivity index (χ2n) is 30.4.